The van der Waals surface area contributed by atoms with Crippen LogP contribution in [0.4, 0.5) is 0 Å². The van der Waals surface area contributed by atoms with Crippen molar-refractivity contribution in [2.75, 3.05) is 5.75 Å². The third-order valence-electron chi connectivity index (χ3n) is 2.33. The van der Waals surface area contributed by atoms with Crippen LogP contribution in [0, 0.1) is 0 Å². The normalized spacial score (nSPS) is 10.7. The molecule has 0 fully saturated rings. The lowest BCUT2D eigenvalue weighted by Crippen LogP contribution is -2.14. The Morgan fingerprint density at radius 2 is 2.28 bits per heavy atom. The number of thioether (sulfide) groups is 1. The second kappa shape index (κ2) is 5.68. The Kier molecular flexibility index (Phi) is 3.99. The quantitative estimate of drug-likeness (QED) is 0.826. The number of nitrogens with zero attached hydrogens (tertiary/aromatic N) is 2. The highest BCUT2D eigenvalue weighted by Crippen LogP contribution is 2.10. The molecule has 0 radical (unpaired) electrons. The monoisotopic (exact) mass is 264 g/mol. The fourth-order valence-electron chi connectivity index (χ4n) is 1.51. The zero-order chi connectivity index (χ0) is 13.0. The number of carbonyl (C=O) groups is 1. The summed E-state index contributed by atoms with van der Waals surface area (Å²) in [6.45, 7) is 0. The first kappa shape index (κ1) is 12.6. The van der Waals surface area contributed by atoms with Gasteiger partial charge in [0.15, 0.2) is 0 Å². The molecule has 0 saturated heterocycles. The largest absolute Gasteiger partial charge is 0.481 e. The van der Waals surface area contributed by atoms with Crippen molar-refractivity contribution in [3.05, 3.63) is 46.5 Å². The number of carboxylic acid groups (broad SMARTS) is 1. The maximum absolute atomic E-state index is 11.8. The molecule has 0 aliphatic rings. The van der Waals surface area contributed by atoms with E-state index >= 15 is 0 Å². The summed E-state index contributed by atoms with van der Waals surface area (Å²) in [5.74, 6) is 0.257. The molecule has 0 aliphatic carbocycles. The molecule has 0 aliphatic heterocycles. The van der Waals surface area contributed by atoms with Crippen LogP contribution in [0.25, 0.3) is 5.65 Å². The zero-order valence-electron chi connectivity index (χ0n) is 9.57. The lowest BCUT2D eigenvalue weighted by molar-refractivity contribution is -0.136. The molecule has 0 amide bonds. The van der Waals surface area contributed by atoms with Crippen LogP contribution in [0.3, 0.4) is 0 Å². The Hall–Kier alpha value is -1.82. The Labute approximate surface area is 107 Å². The Balaban J connectivity index is 2.10. The van der Waals surface area contributed by atoms with E-state index in [0.717, 1.165) is 0 Å². The van der Waals surface area contributed by atoms with E-state index in [0.29, 0.717) is 22.8 Å². The van der Waals surface area contributed by atoms with Crippen molar-refractivity contribution >= 4 is 23.4 Å². The van der Waals surface area contributed by atoms with Gasteiger partial charge in [-0.1, -0.05) is 6.07 Å². The SMILES string of the molecule is O=C(O)CCSCc1cc(=O)n2ccccc2n1. The third kappa shape index (κ3) is 3.10. The molecule has 0 unspecified atom stereocenters. The van der Waals surface area contributed by atoms with Crippen LogP contribution in [0.15, 0.2) is 35.3 Å². The molecule has 1 N–H and O–H groups in total. The standard InChI is InChI=1S/C12H12N2O3S/c15-11-7-9(8-18-6-4-12(16)17)13-10-3-1-2-5-14(10)11/h1-3,5,7H,4,6,8H2,(H,16,17). The van der Waals surface area contributed by atoms with E-state index < -0.39 is 5.97 Å². The number of rotatable bonds is 5. The number of aromatic nitrogens is 2. The fraction of sp³-hybridized carbons (Fsp3) is 0.250. The van der Waals surface area contributed by atoms with Crippen molar-refractivity contribution in [3.8, 4) is 0 Å². The first-order chi connectivity index (χ1) is 8.66. The maximum atomic E-state index is 11.8. The summed E-state index contributed by atoms with van der Waals surface area (Å²) in [6.07, 6.45) is 1.79. The van der Waals surface area contributed by atoms with Crippen molar-refractivity contribution in [3.63, 3.8) is 0 Å². The van der Waals surface area contributed by atoms with Gasteiger partial charge in [-0.15, -0.1) is 0 Å². The van der Waals surface area contributed by atoms with E-state index in [9.17, 15) is 9.59 Å². The molecule has 0 spiro atoms. The molecule has 6 heteroatoms. The van der Waals surface area contributed by atoms with Gasteiger partial charge >= 0.3 is 5.97 Å². The fourth-order valence-corrected chi connectivity index (χ4v) is 2.33. The first-order valence-electron chi connectivity index (χ1n) is 5.43. The number of hydrogen-bond donors (Lipinski definition) is 1. The summed E-state index contributed by atoms with van der Waals surface area (Å²) in [7, 11) is 0. The van der Waals surface area contributed by atoms with Gasteiger partial charge < -0.3 is 5.11 Å². The summed E-state index contributed by atoms with van der Waals surface area (Å²) in [6, 6.07) is 6.86. The van der Waals surface area contributed by atoms with Crippen molar-refractivity contribution in [1.82, 2.24) is 9.38 Å². The van der Waals surface area contributed by atoms with Gasteiger partial charge in [-0.3, -0.25) is 14.0 Å². The molecule has 5 nitrogen and oxygen atoms in total. The van der Waals surface area contributed by atoms with Crippen molar-refractivity contribution in [1.29, 1.82) is 0 Å². The molecule has 2 aromatic heterocycles. The Bertz CT molecular complexity index is 624. The summed E-state index contributed by atoms with van der Waals surface area (Å²) < 4.78 is 1.48. The first-order valence-corrected chi connectivity index (χ1v) is 6.59. The molecule has 2 rings (SSSR count). The number of carboxylic acids is 1. The maximum Gasteiger partial charge on any atom is 0.304 e. The molecular formula is C12H12N2O3S. The second-order valence-corrected chi connectivity index (χ2v) is 4.82. The molecule has 18 heavy (non-hydrogen) atoms. The van der Waals surface area contributed by atoms with Crippen molar-refractivity contribution in [2.24, 2.45) is 0 Å². The summed E-state index contributed by atoms with van der Waals surface area (Å²) >= 11 is 1.46. The Morgan fingerprint density at radius 3 is 3.06 bits per heavy atom. The molecule has 0 aromatic carbocycles. The van der Waals surface area contributed by atoms with Crippen LogP contribution in [-0.4, -0.2) is 26.2 Å². The number of fused-ring (bicyclic) bond motifs is 1. The van der Waals surface area contributed by atoms with Gasteiger partial charge in [0, 0.05) is 23.8 Å². The minimum atomic E-state index is -0.811. The van der Waals surface area contributed by atoms with Crippen molar-refractivity contribution < 1.29 is 9.90 Å². The topological polar surface area (TPSA) is 71.7 Å². The van der Waals surface area contributed by atoms with Crippen LogP contribution in [0.2, 0.25) is 0 Å². The van der Waals surface area contributed by atoms with E-state index in [2.05, 4.69) is 4.98 Å². The van der Waals surface area contributed by atoms with E-state index in [1.54, 1.807) is 18.3 Å². The van der Waals surface area contributed by atoms with Gasteiger partial charge in [0.25, 0.3) is 5.56 Å². The van der Waals surface area contributed by atoms with E-state index in [1.807, 2.05) is 6.07 Å². The second-order valence-electron chi connectivity index (χ2n) is 3.71. The summed E-state index contributed by atoms with van der Waals surface area (Å²) in [5, 5.41) is 8.51. The van der Waals surface area contributed by atoms with Crippen LogP contribution in [-0.2, 0) is 10.5 Å². The summed E-state index contributed by atoms with van der Waals surface area (Å²) in [4.78, 5) is 26.5. The minimum absolute atomic E-state index is 0.116. The highest BCUT2D eigenvalue weighted by Gasteiger charge is 2.03. The van der Waals surface area contributed by atoms with Crippen LogP contribution in [0.1, 0.15) is 12.1 Å². The van der Waals surface area contributed by atoms with Gasteiger partial charge in [0.1, 0.15) is 5.65 Å². The summed E-state index contributed by atoms with van der Waals surface area (Å²) in [5.41, 5.74) is 1.18. The average Bonchev–Trinajstić information content (AvgIpc) is 2.35. The lowest BCUT2D eigenvalue weighted by atomic mass is 10.4. The van der Waals surface area contributed by atoms with Gasteiger partial charge in [-0.05, 0) is 12.1 Å². The number of aliphatic carboxylic acids is 1. The third-order valence-corrected chi connectivity index (χ3v) is 3.33. The van der Waals surface area contributed by atoms with E-state index in [1.165, 1.54) is 22.2 Å². The van der Waals surface area contributed by atoms with Gasteiger partial charge in [-0.25, -0.2) is 4.98 Å². The van der Waals surface area contributed by atoms with Crippen LogP contribution < -0.4 is 5.56 Å². The molecule has 0 saturated carbocycles. The molecule has 94 valence electrons. The zero-order valence-corrected chi connectivity index (χ0v) is 10.4. The molecule has 2 heterocycles. The van der Waals surface area contributed by atoms with E-state index in [-0.39, 0.29) is 12.0 Å². The highest BCUT2D eigenvalue weighted by atomic mass is 32.2. The van der Waals surface area contributed by atoms with Crippen molar-refractivity contribution in [2.45, 2.75) is 12.2 Å². The van der Waals surface area contributed by atoms with Gasteiger partial charge in [0.2, 0.25) is 0 Å². The molecular weight excluding hydrogens is 252 g/mol. The smallest absolute Gasteiger partial charge is 0.304 e. The van der Waals surface area contributed by atoms with E-state index in [4.69, 9.17) is 5.11 Å². The van der Waals surface area contributed by atoms with Gasteiger partial charge in [0.05, 0.1) is 12.1 Å². The number of pyridine rings is 1. The van der Waals surface area contributed by atoms with Crippen LogP contribution in [0.5, 0.6) is 0 Å². The Morgan fingerprint density at radius 1 is 1.44 bits per heavy atom. The highest BCUT2D eigenvalue weighted by molar-refractivity contribution is 7.98. The minimum Gasteiger partial charge on any atom is -0.481 e. The number of hydrogen-bond acceptors (Lipinski definition) is 4. The molecule has 0 atom stereocenters. The molecule has 0 bridgehead atoms. The predicted molar refractivity (Wildman–Crippen MR) is 69.9 cm³/mol. The van der Waals surface area contributed by atoms with Gasteiger partial charge in [-0.2, -0.15) is 11.8 Å². The predicted octanol–water partition coefficient (Wildman–Crippen LogP) is 1.40. The lowest BCUT2D eigenvalue weighted by Gasteiger charge is -2.03. The average molecular weight is 264 g/mol. The van der Waals surface area contributed by atoms with Crippen LogP contribution >= 0.6 is 11.8 Å². The molecule has 2 aromatic rings.